The van der Waals surface area contributed by atoms with Crippen LogP contribution in [-0.2, 0) is 15.5 Å². The topological polar surface area (TPSA) is 53.3 Å². The molecule has 0 amide bonds. The van der Waals surface area contributed by atoms with E-state index in [0.29, 0.717) is 12.1 Å². The monoisotopic (exact) mass is 784 g/mol. The maximum absolute atomic E-state index is 14.6. The van der Waals surface area contributed by atoms with Gasteiger partial charge in [0, 0.05) is 29.2 Å². The van der Waals surface area contributed by atoms with Crippen molar-refractivity contribution in [1.29, 1.82) is 5.26 Å². The Morgan fingerprint density at radius 3 is 1.29 bits per heavy atom. The van der Waals surface area contributed by atoms with Crippen LogP contribution in [-0.4, -0.2) is 66.1 Å². The van der Waals surface area contributed by atoms with Gasteiger partial charge in [0.05, 0.1) is 6.61 Å². The Bertz CT molecular complexity index is 1600. The highest BCUT2D eigenvalue weighted by atomic mass is 19.4. The maximum atomic E-state index is 14.6. The molecule has 1 heterocycles. The van der Waals surface area contributed by atoms with Crippen molar-refractivity contribution in [2.45, 2.75) is 66.4 Å². The summed E-state index contributed by atoms with van der Waals surface area (Å²) in [5.41, 5.74) is -3.61. The molecule has 0 fully saturated rings. The van der Waals surface area contributed by atoms with E-state index in [9.17, 15) is 97.0 Å². The molecule has 0 aliphatic carbocycles. The van der Waals surface area contributed by atoms with Crippen LogP contribution in [0, 0.1) is 11.3 Å². The fourth-order valence-electron chi connectivity index (χ4n) is 3.78. The molecule has 1 aliphatic heterocycles. The Morgan fingerprint density at radius 2 is 0.961 bits per heavy atom. The average molecular weight is 784 g/mol. The molecule has 1 aromatic carbocycles. The number of allylic oxidation sites excluding steroid dienone is 3. The summed E-state index contributed by atoms with van der Waals surface area (Å²) in [7, 11) is 0. The minimum atomic E-state index is -9.24. The Hall–Kier alpha value is -4.27. The first-order valence-electron chi connectivity index (χ1n) is 12.7. The van der Waals surface area contributed by atoms with Crippen molar-refractivity contribution in [3.05, 3.63) is 65.5 Å². The summed E-state index contributed by atoms with van der Waals surface area (Å²) < 4.78 is 291. The second-order valence-corrected chi connectivity index (χ2v) is 9.92. The molecule has 0 radical (unpaired) electrons. The summed E-state index contributed by atoms with van der Waals surface area (Å²) in [6.07, 6.45) is -4.13. The molecule has 0 spiro atoms. The summed E-state index contributed by atoms with van der Waals surface area (Å²) in [5.74, 6) is -78.9. The quantitative estimate of drug-likeness (QED) is 0.0918. The van der Waals surface area contributed by atoms with Gasteiger partial charge in [-0.15, -0.1) is 0 Å². The standard InChI is InChI=1S/C26H13F21N2O2/c1-2-51-16(50)15(11-48)12-7-9-49(10-8-12)14-5-3-13(4-6-14)17(27,28)18(29,30)19(31,32)20(33,34)21(35,36)22(37,38)23(39,40)24(41,42)25(43,44)26(45,46)47/h3-10H,2H2,1H3. The van der Waals surface area contributed by atoms with E-state index in [1.54, 1.807) is 0 Å². The van der Waals surface area contributed by atoms with Crippen molar-refractivity contribution in [2.75, 3.05) is 11.5 Å². The molecule has 51 heavy (non-hydrogen) atoms. The second-order valence-electron chi connectivity index (χ2n) is 9.92. The van der Waals surface area contributed by atoms with Crippen molar-refractivity contribution >= 4 is 11.7 Å². The molecule has 4 nitrogen and oxygen atoms in total. The smallest absolute Gasteiger partial charge is 0.460 e. The summed E-state index contributed by atoms with van der Waals surface area (Å²) >= 11 is 0. The lowest BCUT2D eigenvalue weighted by Gasteiger charge is -2.44. The Balaban J connectivity index is 2.55. The van der Waals surface area contributed by atoms with Gasteiger partial charge in [-0.1, -0.05) is 12.1 Å². The number of alkyl halides is 21. The number of anilines is 1. The lowest BCUT2D eigenvalue weighted by molar-refractivity contribution is -0.474. The van der Waals surface area contributed by atoms with Crippen molar-refractivity contribution in [2.24, 2.45) is 0 Å². The molecule has 1 aromatic rings. The summed E-state index contributed by atoms with van der Waals surface area (Å²) in [5, 5.41) is 9.12. The zero-order valence-corrected chi connectivity index (χ0v) is 24.0. The number of carbonyl (C=O) groups excluding carboxylic acids is 1. The zero-order valence-electron chi connectivity index (χ0n) is 24.0. The van der Waals surface area contributed by atoms with Crippen LogP contribution in [0.5, 0.6) is 0 Å². The molecule has 0 aromatic heterocycles. The van der Waals surface area contributed by atoms with E-state index < -0.39 is 82.3 Å². The lowest BCUT2D eigenvalue weighted by Crippen LogP contribution is -2.76. The van der Waals surface area contributed by atoms with E-state index in [2.05, 4.69) is 4.74 Å². The third-order valence-electron chi connectivity index (χ3n) is 6.75. The number of rotatable bonds is 12. The van der Waals surface area contributed by atoms with Crippen molar-refractivity contribution in [3.63, 3.8) is 0 Å². The predicted molar refractivity (Wildman–Crippen MR) is 126 cm³/mol. The first-order chi connectivity index (χ1) is 22.6. The summed E-state index contributed by atoms with van der Waals surface area (Å²) in [6.45, 7) is 1.23. The molecular formula is C26H13F21N2O2. The molecule has 0 unspecified atom stereocenters. The van der Waals surface area contributed by atoms with Gasteiger partial charge in [-0.05, 0) is 31.2 Å². The van der Waals surface area contributed by atoms with Crippen LogP contribution in [0.15, 0.2) is 60.0 Å². The van der Waals surface area contributed by atoms with Crippen LogP contribution >= 0.6 is 0 Å². The van der Waals surface area contributed by atoms with Crippen LogP contribution in [0.4, 0.5) is 97.9 Å². The number of nitrogens with zero attached hydrogens (tertiary/aromatic N) is 2. The minimum Gasteiger partial charge on any atom is -0.462 e. The van der Waals surface area contributed by atoms with Crippen LogP contribution < -0.4 is 4.90 Å². The number of benzene rings is 1. The molecule has 0 saturated carbocycles. The Labute approximate surface area is 269 Å². The SMILES string of the molecule is CCOC(=O)C(C#N)=C1C=CN(c2ccc(C(F)(F)C(F)(F)C(F)(F)C(F)(F)C(F)(F)C(F)(F)C(F)(F)C(F)(F)C(F)(F)C(F)(F)F)cc2)C=C1. The second kappa shape index (κ2) is 12.7. The van der Waals surface area contributed by atoms with Crippen LogP contribution in [0.3, 0.4) is 0 Å². The Kier molecular flexibility index (Phi) is 10.7. The highest BCUT2D eigenvalue weighted by Crippen LogP contribution is 2.67. The molecule has 2 rings (SSSR count). The van der Waals surface area contributed by atoms with E-state index in [1.165, 1.54) is 13.0 Å². The average Bonchev–Trinajstić information content (AvgIpc) is 3.00. The molecule has 1 aliphatic rings. The first-order valence-corrected chi connectivity index (χ1v) is 12.7. The maximum Gasteiger partial charge on any atom is 0.460 e. The number of hydrogen-bond donors (Lipinski definition) is 0. The number of carbonyl (C=O) groups is 1. The molecule has 0 atom stereocenters. The van der Waals surface area contributed by atoms with Crippen molar-refractivity contribution in [3.8, 4) is 6.07 Å². The summed E-state index contributed by atoms with van der Waals surface area (Å²) in [6, 6.07) is 1.54. The van der Waals surface area contributed by atoms with E-state index in [-0.39, 0.29) is 24.3 Å². The highest BCUT2D eigenvalue weighted by Gasteiger charge is 2.97. The van der Waals surface area contributed by atoms with Gasteiger partial charge in [0.25, 0.3) is 0 Å². The zero-order chi connectivity index (χ0) is 40.2. The number of ether oxygens (including phenoxy) is 1. The lowest BCUT2D eigenvalue weighted by atomic mass is 9.85. The molecular weight excluding hydrogens is 771 g/mol. The van der Waals surface area contributed by atoms with E-state index in [4.69, 9.17) is 5.26 Å². The van der Waals surface area contributed by atoms with Crippen LogP contribution in [0.25, 0.3) is 0 Å². The first kappa shape index (κ1) is 42.9. The molecule has 0 saturated heterocycles. The molecule has 286 valence electrons. The third kappa shape index (κ3) is 6.10. The normalized spacial score (nSPS) is 15.9. The van der Waals surface area contributed by atoms with Crippen molar-refractivity contribution < 1.29 is 102 Å². The Morgan fingerprint density at radius 1 is 0.608 bits per heavy atom. The van der Waals surface area contributed by atoms with Crippen LogP contribution in [0.1, 0.15) is 12.5 Å². The fraction of sp³-hybridized carbons (Fsp3) is 0.462. The van der Waals surface area contributed by atoms with Crippen molar-refractivity contribution in [1.82, 2.24) is 0 Å². The van der Waals surface area contributed by atoms with E-state index >= 15 is 0 Å². The van der Waals surface area contributed by atoms with E-state index in [0.717, 1.165) is 29.5 Å². The van der Waals surface area contributed by atoms with Gasteiger partial charge >= 0.3 is 65.4 Å². The van der Waals surface area contributed by atoms with Gasteiger partial charge in [0.15, 0.2) is 0 Å². The van der Waals surface area contributed by atoms with Gasteiger partial charge in [0.2, 0.25) is 0 Å². The molecule has 0 N–H and O–H groups in total. The highest BCUT2D eigenvalue weighted by molar-refractivity contribution is 5.95. The molecule has 0 bridgehead atoms. The third-order valence-corrected chi connectivity index (χ3v) is 6.75. The van der Waals surface area contributed by atoms with Gasteiger partial charge in [0.1, 0.15) is 11.6 Å². The summed E-state index contributed by atoms with van der Waals surface area (Å²) in [4.78, 5) is 12.7. The molecule has 25 heteroatoms. The number of nitriles is 1. The minimum absolute atomic E-state index is 0.115. The van der Waals surface area contributed by atoms with Gasteiger partial charge in [-0.25, -0.2) is 4.79 Å². The van der Waals surface area contributed by atoms with Gasteiger partial charge in [-0.3, -0.25) is 0 Å². The van der Waals surface area contributed by atoms with E-state index in [1.807, 2.05) is 0 Å². The van der Waals surface area contributed by atoms with Crippen LogP contribution in [0.2, 0.25) is 0 Å². The van der Waals surface area contributed by atoms with Gasteiger partial charge in [-0.2, -0.15) is 97.5 Å². The number of esters is 1. The fourth-order valence-corrected chi connectivity index (χ4v) is 3.78. The number of halogens is 21. The van der Waals surface area contributed by atoms with Gasteiger partial charge < -0.3 is 9.64 Å². The largest absolute Gasteiger partial charge is 0.462 e. The number of hydrogen-bond acceptors (Lipinski definition) is 4. The predicted octanol–water partition coefficient (Wildman–Crippen LogP) is 9.65.